The molecule has 1 N–H and O–H groups in total. The molecule has 2 aromatic rings. The highest BCUT2D eigenvalue weighted by molar-refractivity contribution is 9.11. The van der Waals surface area contributed by atoms with Gasteiger partial charge < -0.3 is 5.11 Å². The van der Waals surface area contributed by atoms with Crippen LogP contribution in [0.3, 0.4) is 0 Å². The van der Waals surface area contributed by atoms with E-state index in [9.17, 15) is 13.2 Å². The van der Waals surface area contributed by atoms with Crippen LogP contribution in [0.15, 0.2) is 30.0 Å². The molecule has 2 rings (SSSR count). The average Bonchev–Trinajstić information content (AvgIpc) is 2.96. The normalized spacial score (nSPS) is 12.0. The predicted molar refractivity (Wildman–Crippen MR) is 89.7 cm³/mol. The highest BCUT2D eigenvalue weighted by Crippen LogP contribution is 2.34. The van der Waals surface area contributed by atoms with Crippen LogP contribution in [-0.4, -0.2) is 30.8 Å². The Hall–Kier alpha value is -0.260. The Labute approximate surface area is 146 Å². The maximum atomic E-state index is 12.5. The van der Waals surface area contributed by atoms with Gasteiger partial charge in [0, 0.05) is 13.6 Å². The number of aromatic carboxylic acids is 1. The minimum absolute atomic E-state index is 0.0212. The van der Waals surface area contributed by atoms with Gasteiger partial charge in [0.25, 0.3) is 0 Å². The molecule has 0 unspecified atom stereocenters. The quantitative estimate of drug-likeness (QED) is 0.713. The minimum atomic E-state index is -3.75. The molecule has 21 heavy (non-hydrogen) atoms. The lowest BCUT2D eigenvalue weighted by Gasteiger charge is -2.15. The lowest BCUT2D eigenvalue weighted by Crippen LogP contribution is -2.26. The summed E-state index contributed by atoms with van der Waals surface area (Å²) in [6, 6.07) is 3.02. The molecule has 0 spiro atoms. The second-order valence-corrected chi connectivity index (χ2v) is 10.7. The molecule has 114 valence electrons. The van der Waals surface area contributed by atoms with Crippen molar-refractivity contribution in [3.05, 3.63) is 35.5 Å². The zero-order valence-corrected chi connectivity index (χ0v) is 16.2. The monoisotopic (exact) mass is 473 g/mol. The van der Waals surface area contributed by atoms with Gasteiger partial charge in [-0.2, -0.15) is 4.31 Å². The second kappa shape index (κ2) is 6.47. The van der Waals surface area contributed by atoms with Crippen molar-refractivity contribution in [2.24, 2.45) is 0 Å². The number of nitrogens with zero attached hydrogens (tertiary/aromatic N) is 1. The van der Waals surface area contributed by atoms with Crippen molar-refractivity contribution in [3.63, 3.8) is 0 Å². The zero-order chi connectivity index (χ0) is 15.8. The van der Waals surface area contributed by atoms with Crippen molar-refractivity contribution in [3.8, 4) is 0 Å². The Morgan fingerprint density at radius 2 is 2.05 bits per heavy atom. The van der Waals surface area contributed by atoms with Crippen molar-refractivity contribution >= 4 is 70.5 Å². The van der Waals surface area contributed by atoms with Crippen molar-refractivity contribution in [1.82, 2.24) is 4.31 Å². The average molecular weight is 475 g/mol. The number of halogens is 2. The van der Waals surface area contributed by atoms with Gasteiger partial charge >= 0.3 is 5.97 Å². The van der Waals surface area contributed by atoms with E-state index >= 15 is 0 Å². The van der Waals surface area contributed by atoms with Crippen LogP contribution in [0, 0.1) is 0 Å². The van der Waals surface area contributed by atoms with E-state index in [-0.39, 0.29) is 16.3 Å². The van der Waals surface area contributed by atoms with Gasteiger partial charge in [0.15, 0.2) is 0 Å². The fourth-order valence-corrected chi connectivity index (χ4v) is 6.28. The third-order valence-electron chi connectivity index (χ3n) is 2.58. The van der Waals surface area contributed by atoms with Crippen molar-refractivity contribution in [2.45, 2.75) is 11.4 Å². The van der Waals surface area contributed by atoms with Gasteiger partial charge in [-0.05, 0) is 54.9 Å². The van der Waals surface area contributed by atoms with Gasteiger partial charge in [-0.25, -0.2) is 13.2 Å². The summed E-state index contributed by atoms with van der Waals surface area (Å²) in [5, 5.41) is 10.8. The van der Waals surface area contributed by atoms with Crippen molar-refractivity contribution in [2.75, 3.05) is 7.05 Å². The molecule has 0 aliphatic rings. The predicted octanol–water partition coefficient (Wildman–Crippen LogP) is 3.85. The summed E-state index contributed by atoms with van der Waals surface area (Å²) in [5.41, 5.74) is 0.864. The molecule has 0 aromatic carbocycles. The molecule has 0 atom stereocenters. The maximum Gasteiger partial charge on any atom is 0.345 e. The first-order valence-electron chi connectivity index (χ1n) is 5.43. The molecule has 0 fully saturated rings. The Balaban J connectivity index is 2.30. The number of sulfonamides is 1. The molecule has 0 aliphatic carbocycles. The summed E-state index contributed by atoms with van der Waals surface area (Å²) in [6.07, 6.45) is 0. The van der Waals surface area contributed by atoms with Crippen LogP contribution < -0.4 is 0 Å². The van der Waals surface area contributed by atoms with Crippen LogP contribution in [-0.2, 0) is 16.6 Å². The van der Waals surface area contributed by atoms with Gasteiger partial charge in [-0.1, -0.05) is 0 Å². The number of carboxylic acid groups (broad SMARTS) is 1. The van der Waals surface area contributed by atoms with E-state index in [0.29, 0.717) is 3.79 Å². The van der Waals surface area contributed by atoms with Crippen LogP contribution in [0.1, 0.15) is 15.2 Å². The molecule has 0 bridgehead atoms. The molecule has 0 saturated carbocycles. The van der Waals surface area contributed by atoms with Gasteiger partial charge in [0.2, 0.25) is 10.0 Å². The first-order chi connectivity index (χ1) is 9.71. The molecular weight excluding hydrogens is 466 g/mol. The highest BCUT2D eigenvalue weighted by atomic mass is 79.9. The third kappa shape index (κ3) is 3.74. The molecule has 2 heterocycles. The molecule has 0 radical (unpaired) electrons. The Bertz CT molecular complexity index is 781. The Morgan fingerprint density at radius 1 is 1.38 bits per heavy atom. The molecule has 0 saturated heterocycles. The molecule has 2 aromatic heterocycles. The van der Waals surface area contributed by atoms with Crippen LogP contribution in [0.25, 0.3) is 0 Å². The van der Waals surface area contributed by atoms with E-state index in [2.05, 4.69) is 31.9 Å². The highest BCUT2D eigenvalue weighted by Gasteiger charge is 2.27. The topological polar surface area (TPSA) is 74.7 Å². The van der Waals surface area contributed by atoms with E-state index < -0.39 is 16.0 Å². The van der Waals surface area contributed by atoms with Crippen molar-refractivity contribution in [1.29, 1.82) is 0 Å². The summed E-state index contributed by atoms with van der Waals surface area (Å²) in [5.74, 6) is -1.15. The smallest absolute Gasteiger partial charge is 0.345 e. The summed E-state index contributed by atoms with van der Waals surface area (Å²) in [6.45, 7) is 0.217. The largest absolute Gasteiger partial charge is 0.477 e. The number of rotatable bonds is 5. The number of carboxylic acids is 1. The van der Waals surface area contributed by atoms with Crippen LogP contribution in [0.5, 0.6) is 0 Å². The van der Waals surface area contributed by atoms with E-state index in [4.69, 9.17) is 5.11 Å². The lowest BCUT2D eigenvalue weighted by molar-refractivity contribution is 0.0702. The Kier molecular flexibility index (Phi) is 5.27. The van der Waals surface area contributed by atoms with E-state index in [1.807, 2.05) is 11.4 Å². The SMILES string of the molecule is CN(Cc1csc(Br)c1)S(=O)(=O)c1cc(C(=O)O)sc1Br. The number of hydrogen-bond acceptors (Lipinski definition) is 5. The third-order valence-corrected chi connectivity index (χ3v) is 8.18. The van der Waals surface area contributed by atoms with Gasteiger partial charge in [-0.3, -0.25) is 0 Å². The fourth-order valence-electron chi connectivity index (χ4n) is 1.57. The van der Waals surface area contributed by atoms with E-state index in [1.54, 1.807) is 0 Å². The summed E-state index contributed by atoms with van der Waals surface area (Å²) in [4.78, 5) is 10.9. The fraction of sp³-hybridized carbons (Fsp3) is 0.182. The van der Waals surface area contributed by atoms with Gasteiger partial charge in [0.1, 0.15) is 9.77 Å². The molecule has 0 aliphatic heterocycles. The second-order valence-electron chi connectivity index (χ2n) is 4.07. The first kappa shape index (κ1) is 17.1. The van der Waals surface area contributed by atoms with Gasteiger partial charge in [-0.15, -0.1) is 22.7 Å². The van der Waals surface area contributed by atoms with Crippen LogP contribution in [0.2, 0.25) is 0 Å². The van der Waals surface area contributed by atoms with Crippen molar-refractivity contribution < 1.29 is 18.3 Å². The molecular formula is C11H9Br2NO4S3. The maximum absolute atomic E-state index is 12.5. The zero-order valence-electron chi connectivity index (χ0n) is 10.5. The van der Waals surface area contributed by atoms with E-state index in [1.165, 1.54) is 28.8 Å². The Morgan fingerprint density at radius 3 is 2.52 bits per heavy atom. The molecule has 10 heteroatoms. The molecule has 5 nitrogen and oxygen atoms in total. The summed E-state index contributed by atoms with van der Waals surface area (Å²) >= 11 is 8.81. The molecule has 0 amide bonds. The van der Waals surface area contributed by atoms with Crippen LogP contribution in [0.4, 0.5) is 0 Å². The summed E-state index contributed by atoms with van der Waals surface area (Å²) in [7, 11) is -2.28. The van der Waals surface area contributed by atoms with Crippen LogP contribution >= 0.6 is 54.5 Å². The number of carbonyl (C=O) groups is 1. The number of hydrogen-bond donors (Lipinski definition) is 1. The standard InChI is InChI=1S/C11H9Br2NO4S3/c1-14(4-6-2-9(12)19-5-6)21(17,18)8-3-7(11(15)16)20-10(8)13/h2-3,5H,4H2,1H3,(H,15,16). The summed E-state index contributed by atoms with van der Waals surface area (Å²) < 4.78 is 27.4. The van der Waals surface area contributed by atoms with Gasteiger partial charge in [0.05, 0.1) is 7.57 Å². The first-order valence-corrected chi connectivity index (χ1v) is 10.2. The minimum Gasteiger partial charge on any atom is -0.477 e. The van der Waals surface area contributed by atoms with E-state index in [0.717, 1.165) is 20.7 Å². The lowest BCUT2D eigenvalue weighted by atomic mass is 10.3. The number of thiophene rings is 2.